The number of ether oxygens (including phenoxy) is 1. The van der Waals surface area contributed by atoms with Crippen LogP contribution in [0.1, 0.15) is 34.4 Å². The van der Waals surface area contributed by atoms with E-state index in [2.05, 4.69) is 21.4 Å². The molecule has 0 atom stereocenters. The Morgan fingerprint density at radius 1 is 1.03 bits per heavy atom. The van der Waals surface area contributed by atoms with Gasteiger partial charge in [0.25, 0.3) is 0 Å². The summed E-state index contributed by atoms with van der Waals surface area (Å²) in [7, 11) is -3.31. The molecule has 0 spiro atoms. The van der Waals surface area contributed by atoms with Crippen LogP contribution in [0.15, 0.2) is 42.5 Å². The van der Waals surface area contributed by atoms with Crippen molar-refractivity contribution in [3.63, 3.8) is 0 Å². The number of aryl methyl sites for hydroxylation is 2. The van der Waals surface area contributed by atoms with Gasteiger partial charge in [-0.3, -0.25) is 9.58 Å². The van der Waals surface area contributed by atoms with Gasteiger partial charge < -0.3 is 4.74 Å². The predicted molar refractivity (Wildman–Crippen MR) is 151 cm³/mol. The second kappa shape index (κ2) is 11.6. The molecule has 2 aliphatic heterocycles. The molecule has 0 unspecified atom stereocenters. The van der Waals surface area contributed by atoms with Crippen LogP contribution in [0.25, 0.3) is 11.3 Å². The zero-order chi connectivity index (χ0) is 26.7. The highest BCUT2D eigenvalue weighted by Gasteiger charge is 2.30. The van der Waals surface area contributed by atoms with E-state index in [1.165, 1.54) is 10.6 Å². The lowest BCUT2D eigenvalue weighted by Gasteiger charge is -2.27. The Labute approximate surface area is 230 Å². The second-order valence-corrected chi connectivity index (χ2v) is 12.3. The molecule has 200 valence electrons. The van der Waals surface area contributed by atoms with Crippen molar-refractivity contribution in [2.24, 2.45) is 0 Å². The molecule has 3 heterocycles. The Bertz CT molecular complexity index is 1480. The standard InChI is InChI=1S/C29H33ClN4O3S/c1-22-6-3-4-7-23(22)8-9-24-20-25(10-11-27(24)30)29-26-21-33(38(2,35)36)15-12-28(26)34(31-29)14-5-13-32-16-18-37-19-17-32/h3-4,6-7,10-11,20H,5,12-19,21H2,1-2H3. The Morgan fingerprint density at radius 3 is 2.55 bits per heavy atom. The Kier molecular flexibility index (Phi) is 8.22. The number of benzene rings is 2. The van der Waals surface area contributed by atoms with E-state index >= 15 is 0 Å². The van der Waals surface area contributed by atoms with Crippen LogP contribution in [-0.4, -0.2) is 73.1 Å². The van der Waals surface area contributed by atoms with Crippen molar-refractivity contribution >= 4 is 21.6 Å². The molecule has 2 aromatic carbocycles. The van der Waals surface area contributed by atoms with Crippen molar-refractivity contribution in [2.75, 3.05) is 45.6 Å². The summed E-state index contributed by atoms with van der Waals surface area (Å²) in [4.78, 5) is 2.42. The third-order valence-electron chi connectivity index (χ3n) is 7.23. The summed E-state index contributed by atoms with van der Waals surface area (Å²) in [6.45, 7) is 8.09. The van der Waals surface area contributed by atoms with Gasteiger partial charge in [0, 0.05) is 73.6 Å². The monoisotopic (exact) mass is 552 g/mol. The summed E-state index contributed by atoms with van der Waals surface area (Å²) in [6.07, 6.45) is 2.88. The van der Waals surface area contributed by atoms with Crippen molar-refractivity contribution in [3.05, 3.63) is 75.4 Å². The van der Waals surface area contributed by atoms with Crippen molar-refractivity contribution in [1.82, 2.24) is 19.0 Å². The molecule has 0 aliphatic carbocycles. The molecule has 0 bridgehead atoms. The molecular weight excluding hydrogens is 520 g/mol. The largest absolute Gasteiger partial charge is 0.379 e. The highest BCUT2D eigenvalue weighted by Crippen LogP contribution is 2.33. The molecule has 1 fully saturated rings. The fourth-order valence-electron chi connectivity index (χ4n) is 5.05. The maximum atomic E-state index is 12.4. The smallest absolute Gasteiger partial charge is 0.211 e. The summed E-state index contributed by atoms with van der Waals surface area (Å²) >= 11 is 6.53. The van der Waals surface area contributed by atoms with Gasteiger partial charge in [-0.15, -0.1) is 0 Å². The van der Waals surface area contributed by atoms with Crippen LogP contribution < -0.4 is 0 Å². The molecule has 38 heavy (non-hydrogen) atoms. The first-order chi connectivity index (χ1) is 18.3. The minimum Gasteiger partial charge on any atom is -0.379 e. The summed E-state index contributed by atoms with van der Waals surface area (Å²) in [6, 6.07) is 13.8. The molecule has 3 aromatic rings. The number of hydrogen-bond acceptors (Lipinski definition) is 5. The highest BCUT2D eigenvalue weighted by atomic mass is 35.5. The number of rotatable bonds is 6. The maximum Gasteiger partial charge on any atom is 0.211 e. The van der Waals surface area contributed by atoms with Crippen molar-refractivity contribution in [1.29, 1.82) is 0 Å². The molecule has 5 rings (SSSR count). The van der Waals surface area contributed by atoms with E-state index in [1.807, 2.05) is 49.4 Å². The molecular formula is C29H33ClN4O3S. The normalized spacial score (nSPS) is 16.6. The van der Waals surface area contributed by atoms with E-state index in [1.54, 1.807) is 0 Å². The quantitative estimate of drug-likeness (QED) is 0.433. The third kappa shape index (κ3) is 6.14. The zero-order valence-electron chi connectivity index (χ0n) is 21.9. The molecule has 0 N–H and O–H groups in total. The lowest BCUT2D eigenvalue weighted by atomic mass is 10.0. The Balaban J connectivity index is 1.46. The van der Waals surface area contributed by atoms with Gasteiger partial charge in [-0.2, -0.15) is 9.40 Å². The first-order valence-electron chi connectivity index (χ1n) is 13.0. The van der Waals surface area contributed by atoms with Crippen LogP contribution in [0.2, 0.25) is 5.02 Å². The molecule has 1 saturated heterocycles. The SMILES string of the molecule is Cc1ccccc1C#Cc1cc(-c2nn(CCCN3CCOCC3)c3c2CN(S(C)(=O)=O)CC3)ccc1Cl. The minimum atomic E-state index is -3.31. The predicted octanol–water partition coefficient (Wildman–Crippen LogP) is 3.95. The first kappa shape index (κ1) is 26.9. The van der Waals surface area contributed by atoms with E-state index < -0.39 is 10.0 Å². The van der Waals surface area contributed by atoms with E-state index in [9.17, 15) is 8.42 Å². The summed E-state index contributed by atoms with van der Waals surface area (Å²) in [5, 5.41) is 5.60. The van der Waals surface area contributed by atoms with E-state index in [-0.39, 0.29) is 0 Å². The van der Waals surface area contributed by atoms with Crippen LogP contribution in [0.4, 0.5) is 0 Å². The second-order valence-electron chi connectivity index (χ2n) is 9.91. The Morgan fingerprint density at radius 2 is 1.79 bits per heavy atom. The number of halogens is 1. The zero-order valence-corrected chi connectivity index (χ0v) is 23.5. The van der Waals surface area contributed by atoms with Crippen LogP contribution in [0.5, 0.6) is 0 Å². The summed E-state index contributed by atoms with van der Waals surface area (Å²) in [5.41, 5.74) is 6.56. The topological polar surface area (TPSA) is 67.7 Å². The number of aromatic nitrogens is 2. The number of fused-ring (bicyclic) bond motifs is 1. The molecule has 9 heteroatoms. The van der Waals surface area contributed by atoms with Gasteiger partial charge in [0.1, 0.15) is 0 Å². The Hall–Kier alpha value is -2.67. The average molecular weight is 553 g/mol. The lowest BCUT2D eigenvalue weighted by molar-refractivity contribution is 0.0368. The van der Waals surface area contributed by atoms with Crippen molar-refractivity contribution in [2.45, 2.75) is 32.9 Å². The average Bonchev–Trinajstić information content (AvgIpc) is 3.27. The van der Waals surface area contributed by atoms with Gasteiger partial charge in [0.15, 0.2) is 0 Å². The summed E-state index contributed by atoms with van der Waals surface area (Å²) in [5.74, 6) is 6.47. The van der Waals surface area contributed by atoms with E-state index in [0.717, 1.165) is 85.0 Å². The van der Waals surface area contributed by atoms with Gasteiger partial charge in [-0.25, -0.2) is 8.42 Å². The lowest BCUT2D eigenvalue weighted by Crippen LogP contribution is -2.37. The number of hydrogen-bond donors (Lipinski definition) is 0. The molecule has 0 saturated carbocycles. The highest BCUT2D eigenvalue weighted by molar-refractivity contribution is 7.88. The first-order valence-corrected chi connectivity index (χ1v) is 15.2. The van der Waals surface area contributed by atoms with E-state index in [0.29, 0.717) is 24.5 Å². The maximum absolute atomic E-state index is 12.4. The van der Waals surface area contributed by atoms with Gasteiger partial charge in [-0.1, -0.05) is 47.7 Å². The third-order valence-corrected chi connectivity index (χ3v) is 8.81. The van der Waals surface area contributed by atoms with Crippen LogP contribution in [-0.2, 0) is 34.3 Å². The number of sulfonamides is 1. The fraction of sp³-hybridized carbons (Fsp3) is 0.414. The molecule has 1 aromatic heterocycles. The molecule has 0 radical (unpaired) electrons. The fourth-order valence-corrected chi connectivity index (χ4v) is 6.00. The minimum absolute atomic E-state index is 0.319. The van der Waals surface area contributed by atoms with Gasteiger partial charge in [-0.05, 0) is 37.1 Å². The van der Waals surface area contributed by atoms with Crippen molar-refractivity contribution in [3.8, 4) is 23.1 Å². The number of nitrogens with zero attached hydrogens (tertiary/aromatic N) is 4. The van der Waals surface area contributed by atoms with Crippen LogP contribution in [0, 0.1) is 18.8 Å². The molecule has 0 amide bonds. The number of morpholine rings is 1. The van der Waals surface area contributed by atoms with Gasteiger partial charge in [0.05, 0.1) is 30.2 Å². The summed E-state index contributed by atoms with van der Waals surface area (Å²) < 4.78 is 33.9. The van der Waals surface area contributed by atoms with E-state index in [4.69, 9.17) is 21.4 Å². The molecule has 2 aliphatic rings. The van der Waals surface area contributed by atoms with Crippen LogP contribution >= 0.6 is 11.6 Å². The van der Waals surface area contributed by atoms with Crippen LogP contribution in [0.3, 0.4) is 0 Å². The van der Waals surface area contributed by atoms with Gasteiger partial charge >= 0.3 is 0 Å². The van der Waals surface area contributed by atoms with Crippen molar-refractivity contribution < 1.29 is 13.2 Å². The molecule has 7 nitrogen and oxygen atoms in total. The van der Waals surface area contributed by atoms with Gasteiger partial charge in [0.2, 0.25) is 10.0 Å².